The zero-order valence-electron chi connectivity index (χ0n) is 14.8. The van der Waals surface area contributed by atoms with Crippen molar-refractivity contribution in [2.75, 3.05) is 13.2 Å². The Bertz CT molecular complexity index is 540. The van der Waals surface area contributed by atoms with E-state index in [1.807, 2.05) is 0 Å². The quantitative estimate of drug-likeness (QED) is 0.233. The second-order valence-electron chi connectivity index (χ2n) is 6.78. The lowest BCUT2D eigenvalue weighted by Gasteiger charge is -2.39. The minimum Gasteiger partial charge on any atom is -0.432 e. The molecule has 0 saturated carbocycles. The SMILES string of the molecule is C[Si](C)(O)CCCOCCC(F)(F)C(F)(F)C(F)(F)C(F)(F)C(F)(F)C(F)(F)F. The molecular weight excluding hydrogens is 463 g/mol. The van der Waals surface area contributed by atoms with E-state index < -0.39 is 63.7 Å². The Morgan fingerprint density at radius 1 is 0.655 bits per heavy atom. The van der Waals surface area contributed by atoms with Gasteiger partial charge in [-0.2, -0.15) is 57.1 Å². The van der Waals surface area contributed by atoms with Crippen molar-refractivity contribution < 1.29 is 66.6 Å². The maximum atomic E-state index is 13.4. The molecule has 0 aromatic rings. The van der Waals surface area contributed by atoms with Crippen LogP contribution in [0.3, 0.4) is 0 Å². The van der Waals surface area contributed by atoms with E-state index >= 15 is 0 Å². The first-order valence-electron chi connectivity index (χ1n) is 7.71. The highest BCUT2D eigenvalue weighted by Gasteiger charge is 2.90. The molecular formula is C13H17F13O2Si. The van der Waals surface area contributed by atoms with Crippen LogP contribution in [-0.2, 0) is 4.74 Å². The summed E-state index contributed by atoms with van der Waals surface area (Å²) in [6, 6.07) is 0.177. The molecule has 176 valence electrons. The Morgan fingerprint density at radius 2 is 1.07 bits per heavy atom. The van der Waals surface area contributed by atoms with E-state index in [4.69, 9.17) is 0 Å². The molecule has 0 atom stereocenters. The predicted octanol–water partition coefficient (Wildman–Crippen LogP) is 5.72. The zero-order valence-corrected chi connectivity index (χ0v) is 15.8. The van der Waals surface area contributed by atoms with Gasteiger partial charge in [0, 0.05) is 13.0 Å². The summed E-state index contributed by atoms with van der Waals surface area (Å²) in [7, 11) is -2.56. The van der Waals surface area contributed by atoms with E-state index in [2.05, 4.69) is 4.74 Å². The predicted molar refractivity (Wildman–Crippen MR) is 75.4 cm³/mol. The summed E-state index contributed by atoms with van der Waals surface area (Å²) in [5.41, 5.74) is 0. The number of ether oxygens (including phenoxy) is 1. The molecule has 0 aliphatic heterocycles. The van der Waals surface area contributed by atoms with Crippen LogP contribution < -0.4 is 0 Å². The third-order valence-corrected chi connectivity index (χ3v) is 5.21. The van der Waals surface area contributed by atoms with Crippen LogP contribution in [0.1, 0.15) is 12.8 Å². The first-order valence-corrected chi connectivity index (χ1v) is 10.9. The Balaban J connectivity index is 5.35. The van der Waals surface area contributed by atoms with Crippen LogP contribution >= 0.6 is 0 Å². The number of hydrogen-bond donors (Lipinski definition) is 1. The Hall–Kier alpha value is -0.773. The molecule has 0 aromatic heterocycles. The summed E-state index contributed by atoms with van der Waals surface area (Å²) in [5.74, 6) is -36.8. The van der Waals surface area contributed by atoms with Gasteiger partial charge in [0.15, 0.2) is 8.32 Å². The molecule has 0 rings (SSSR count). The Morgan fingerprint density at radius 3 is 1.45 bits per heavy atom. The molecule has 0 bridgehead atoms. The van der Waals surface area contributed by atoms with Crippen LogP contribution in [0.4, 0.5) is 57.1 Å². The molecule has 2 nitrogen and oxygen atoms in total. The van der Waals surface area contributed by atoms with Gasteiger partial charge in [0.05, 0.1) is 6.61 Å². The van der Waals surface area contributed by atoms with Gasteiger partial charge in [-0.15, -0.1) is 0 Å². The van der Waals surface area contributed by atoms with Crippen molar-refractivity contribution in [1.29, 1.82) is 0 Å². The molecule has 0 amide bonds. The summed E-state index contributed by atoms with van der Waals surface area (Å²) in [6.07, 6.45) is -9.74. The fourth-order valence-corrected chi connectivity index (χ4v) is 2.88. The van der Waals surface area contributed by atoms with Gasteiger partial charge in [-0.25, -0.2) is 0 Å². The average Bonchev–Trinajstić information content (AvgIpc) is 2.47. The van der Waals surface area contributed by atoms with Crippen LogP contribution in [0.15, 0.2) is 0 Å². The van der Waals surface area contributed by atoms with Crippen molar-refractivity contribution in [3.05, 3.63) is 0 Å². The molecule has 0 heterocycles. The summed E-state index contributed by atoms with van der Waals surface area (Å²) in [6.45, 7) is 1.13. The van der Waals surface area contributed by atoms with Crippen molar-refractivity contribution in [3.63, 3.8) is 0 Å². The Kier molecular flexibility index (Phi) is 8.17. The van der Waals surface area contributed by atoms with E-state index in [-0.39, 0.29) is 12.5 Å². The largest absolute Gasteiger partial charge is 0.460 e. The van der Waals surface area contributed by atoms with Crippen molar-refractivity contribution in [2.24, 2.45) is 0 Å². The monoisotopic (exact) mass is 480 g/mol. The van der Waals surface area contributed by atoms with Crippen LogP contribution in [0, 0.1) is 0 Å². The average molecular weight is 480 g/mol. The second kappa shape index (κ2) is 8.40. The third kappa shape index (κ3) is 5.68. The van der Waals surface area contributed by atoms with E-state index in [1.54, 1.807) is 0 Å². The fourth-order valence-electron chi connectivity index (χ4n) is 1.87. The van der Waals surface area contributed by atoms with E-state index in [0.717, 1.165) is 0 Å². The van der Waals surface area contributed by atoms with Crippen LogP contribution in [0.5, 0.6) is 0 Å². The molecule has 29 heavy (non-hydrogen) atoms. The zero-order chi connectivity index (χ0) is 23.7. The summed E-state index contributed by atoms with van der Waals surface area (Å²) >= 11 is 0. The lowest BCUT2D eigenvalue weighted by Crippen LogP contribution is -2.70. The highest BCUT2D eigenvalue weighted by molar-refractivity contribution is 6.69. The van der Waals surface area contributed by atoms with Gasteiger partial charge in [0.25, 0.3) is 0 Å². The first-order chi connectivity index (χ1) is 12.5. The summed E-state index contributed by atoms with van der Waals surface area (Å²) in [4.78, 5) is 9.47. The standard InChI is InChI=1S/C13H17F13O2Si/c1-29(2,27)7-3-5-28-6-4-8(14,15)9(16,17)10(18,19)11(20,21)12(22,23)13(24,25)26/h27H,3-7H2,1-2H3. The maximum Gasteiger partial charge on any atom is 0.460 e. The van der Waals surface area contributed by atoms with Crippen LogP contribution in [0.25, 0.3) is 0 Å². The van der Waals surface area contributed by atoms with Crippen molar-refractivity contribution >= 4 is 8.32 Å². The van der Waals surface area contributed by atoms with Gasteiger partial charge in [0.1, 0.15) is 0 Å². The second-order valence-corrected chi connectivity index (χ2v) is 10.9. The van der Waals surface area contributed by atoms with Gasteiger partial charge < -0.3 is 9.53 Å². The van der Waals surface area contributed by atoms with Gasteiger partial charge in [-0.3, -0.25) is 0 Å². The van der Waals surface area contributed by atoms with E-state index in [0.29, 0.717) is 0 Å². The summed E-state index contributed by atoms with van der Waals surface area (Å²) < 4.78 is 171. The molecule has 1 N–H and O–H groups in total. The molecule has 0 aromatic carbocycles. The van der Waals surface area contributed by atoms with Gasteiger partial charge in [0.2, 0.25) is 0 Å². The molecule has 0 fully saturated rings. The van der Waals surface area contributed by atoms with Crippen molar-refractivity contribution in [3.8, 4) is 0 Å². The van der Waals surface area contributed by atoms with Gasteiger partial charge in [-0.1, -0.05) is 0 Å². The maximum absolute atomic E-state index is 13.4. The first kappa shape index (κ1) is 28.2. The lowest BCUT2D eigenvalue weighted by atomic mass is 9.93. The summed E-state index contributed by atoms with van der Waals surface area (Å²) in [5, 5.41) is 0. The molecule has 0 saturated heterocycles. The molecule has 0 aliphatic rings. The van der Waals surface area contributed by atoms with E-state index in [9.17, 15) is 61.9 Å². The molecule has 0 unspecified atom stereocenters. The van der Waals surface area contributed by atoms with E-state index in [1.165, 1.54) is 13.1 Å². The molecule has 0 radical (unpaired) electrons. The highest BCUT2D eigenvalue weighted by Crippen LogP contribution is 2.60. The molecule has 16 heteroatoms. The number of halogens is 13. The Labute approximate surface area is 157 Å². The smallest absolute Gasteiger partial charge is 0.432 e. The lowest BCUT2D eigenvalue weighted by molar-refractivity contribution is -0.440. The van der Waals surface area contributed by atoms with Crippen LogP contribution in [0.2, 0.25) is 19.1 Å². The molecule has 0 spiro atoms. The molecule has 0 aliphatic carbocycles. The number of alkyl halides is 13. The minimum absolute atomic E-state index is 0.0454. The fraction of sp³-hybridized carbons (Fsp3) is 1.00. The van der Waals surface area contributed by atoms with Gasteiger partial charge in [-0.05, 0) is 25.6 Å². The normalized spacial score (nSPS) is 15.7. The highest BCUT2D eigenvalue weighted by atomic mass is 28.4. The van der Waals surface area contributed by atoms with Crippen LogP contribution in [-0.4, -0.2) is 62.1 Å². The topological polar surface area (TPSA) is 29.5 Å². The minimum atomic E-state index is -7.89. The number of rotatable bonds is 11. The van der Waals surface area contributed by atoms with Crippen molar-refractivity contribution in [2.45, 2.75) is 67.8 Å². The van der Waals surface area contributed by atoms with Gasteiger partial charge >= 0.3 is 35.8 Å². The van der Waals surface area contributed by atoms with Crippen molar-refractivity contribution in [1.82, 2.24) is 0 Å². The third-order valence-electron chi connectivity index (χ3n) is 3.64. The number of hydrogen-bond acceptors (Lipinski definition) is 2.